The molecule has 0 spiro atoms. The maximum atomic E-state index is 13.0. The molecule has 5 rings (SSSR count). The number of hydrogen-bond donors (Lipinski definition) is 1. The Balaban J connectivity index is 1.57. The molecule has 6 nitrogen and oxygen atoms in total. The predicted octanol–water partition coefficient (Wildman–Crippen LogP) is 4.46. The number of ketones is 1. The molecule has 1 unspecified atom stereocenters. The van der Waals surface area contributed by atoms with Crippen LogP contribution in [0.4, 0.5) is 0 Å². The van der Waals surface area contributed by atoms with Crippen LogP contribution in [0.2, 0.25) is 0 Å². The number of Topliss-reactive ketones (excluding diaryl/α,β-unsaturated/α-hetero) is 1. The van der Waals surface area contributed by atoms with E-state index in [9.17, 15) is 14.7 Å². The fraction of sp³-hybridized carbons (Fsp3) is 0.120. The molecule has 3 aromatic rings. The number of methoxy groups -OCH3 is 1. The molecular formula is C25H18O6. The van der Waals surface area contributed by atoms with Gasteiger partial charge in [-0.15, -0.1) is 0 Å². The molecule has 1 atom stereocenters. The lowest BCUT2D eigenvalue weighted by molar-refractivity contribution is -0.135. The molecule has 0 fully saturated rings. The van der Waals surface area contributed by atoms with E-state index in [1.165, 1.54) is 0 Å². The highest BCUT2D eigenvalue weighted by Crippen LogP contribution is 2.49. The Hall–Kier alpha value is -4.06. The fourth-order valence-electron chi connectivity index (χ4n) is 3.95. The van der Waals surface area contributed by atoms with Gasteiger partial charge in [-0.2, -0.15) is 0 Å². The van der Waals surface area contributed by atoms with Crippen LogP contribution in [0.15, 0.2) is 66.4 Å². The average molecular weight is 414 g/mol. The summed E-state index contributed by atoms with van der Waals surface area (Å²) in [6, 6.07) is 17.2. The number of phenols is 1. The molecule has 2 heterocycles. The highest BCUT2D eigenvalue weighted by molar-refractivity contribution is 6.15. The summed E-state index contributed by atoms with van der Waals surface area (Å²) < 4.78 is 16.6. The van der Waals surface area contributed by atoms with Crippen LogP contribution in [0.1, 0.15) is 39.4 Å². The minimum atomic E-state index is -0.358. The summed E-state index contributed by atoms with van der Waals surface area (Å²) in [5, 5.41) is 9.62. The second-order valence-corrected chi connectivity index (χ2v) is 7.39. The third-order valence-corrected chi connectivity index (χ3v) is 5.49. The zero-order chi connectivity index (χ0) is 21.5. The van der Waals surface area contributed by atoms with Crippen molar-refractivity contribution in [2.24, 2.45) is 0 Å². The summed E-state index contributed by atoms with van der Waals surface area (Å²) in [7, 11) is 1.59. The van der Waals surface area contributed by atoms with Crippen LogP contribution >= 0.6 is 0 Å². The maximum absolute atomic E-state index is 13.0. The van der Waals surface area contributed by atoms with Crippen LogP contribution in [0, 0.1) is 0 Å². The Morgan fingerprint density at radius 3 is 2.42 bits per heavy atom. The Labute approximate surface area is 178 Å². The lowest BCUT2D eigenvalue weighted by atomic mass is 9.84. The molecule has 0 aliphatic carbocycles. The van der Waals surface area contributed by atoms with Crippen LogP contribution < -0.4 is 14.2 Å². The quantitative estimate of drug-likeness (QED) is 0.387. The number of phenolic OH excluding ortho intramolecular Hbond substituents is 1. The molecule has 31 heavy (non-hydrogen) atoms. The zero-order valence-electron chi connectivity index (χ0n) is 16.6. The van der Waals surface area contributed by atoms with Gasteiger partial charge in [-0.1, -0.05) is 24.3 Å². The van der Waals surface area contributed by atoms with Crippen LogP contribution in [0.5, 0.6) is 23.0 Å². The minimum Gasteiger partial charge on any atom is -0.508 e. The first kappa shape index (κ1) is 18.9. The monoisotopic (exact) mass is 414 g/mol. The van der Waals surface area contributed by atoms with Crippen molar-refractivity contribution in [3.63, 3.8) is 0 Å². The van der Waals surface area contributed by atoms with Crippen LogP contribution in [0.3, 0.4) is 0 Å². The first-order valence-electron chi connectivity index (χ1n) is 9.78. The van der Waals surface area contributed by atoms with E-state index >= 15 is 0 Å². The number of carbonyl (C=O) groups excluding carboxylic acids is 2. The van der Waals surface area contributed by atoms with E-state index in [1.807, 2.05) is 12.1 Å². The van der Waals surface area contributed by atoms with Crippen LogP contribution in [0.25, 0.3) is 6.08 Å². The van der Waals surface area contributed by atoms with Gasteiger partial charge < -0.3 is 19.3 Å². The Kier molecular flexibility index (Phi) is 4.47. The largest absolute Gasteiger partial charge is 0.508 e. The maximum Gasteiger partial charge on any atom is 0.312 e. The fourth-order valence-corrected chi connectivity index (χ4v) is 3.95. The number of hydrogen-bond acceptors (Lipinski definition) is 6. The van der Waals surface area contributed by atoms with Crippen LogP contribution in [-0.4, -0.2) is 24.0 Å². The highest BCUT2D eigenvalue weighted by Gasteiger charge is 2.38. The van der Waals surface area contributed by atoms with Crippen molar-refractivity contribution in [3.05, 3.63) is 88.7 Å². The molecule has 0 amide bonds. The zero-order valence-corrected chi connectivity index (χ0v) is 16.6. The van der Waals surface area contributed by atoms with Gasteiger partial charge in [-0.05, 0) is 53.6 Å². The molecule has 2 aliphatic rings. The Morgan fingerprint density at radius 1 is 0.968 bits per heavy atom. The molecule has 2 aliphatic heterocycles. The Morgan fingerprint density at radius 2 is 1.71 bits per heavy atom. The third-order valence-electron chi connectivity index (χ3n) is 5.49. The smallest absolute Gasteiger partial charge is 0.312 e. The second kappa shape index (κ2) is 7.32. The van der Waals surface area contributed by atoms with Crippen molar-refractivity contribution in [3.8, 4) is 23.0 Å². The number of allylic oxidation sites excluding steroid dienone is 1. The topological polar surface area (TPSA) is 82.1 Å². The highest BCUT2D eigenvalue weighted by atomic mass is 16.5. The van der Waals surface area contributed by atoms with Gasteiger partial charge in [0.1, 0.15) is 23.0 Å². The molecule has 0 radical (unpaired) electrons. The van der Waals surface area contributed by atoms with Gasteiger partial charge >= 0.3 is 5.97 Å². The molecule has 0 saturated heterocycles. The van der Waals surface area contributed by atoms with E-state index in [-0.39, 0.29) is 35.6 Å². The average Bonchev–Trinajstić information content (AvgIpc) is 3.09. The molecular weight excluding hydrogens is 396 g/mol. The first-order chi connectivity index (χ1) is 15.0. The van der Waals surface area contributed by atoms with Crippen molar-refractivity contribution >= 4 is 17.8 Å². The molecule has 1 N–H and O–H groups in total. The van der Waals surface area contributed by atoms with Gasteiger partial charge in [-0.25, -0.2) is 0 Å². The van der Waals surface area contributed by atoms with Gasteiger partial charge in [0, 0.05) is 11.5 Å². The summed E-state index contributed by atoms with van der Waals surface area (Å²) in [5.41, 5.74) is 2.72. The molecule has 0 saturated carbocycles. The number of ether oxygens (including phenoxy) is 3. The summed E-state index contributed by atoms with van der Waals surface area (Å²) in [4.78, 5) is 25.2. The minimum absolute atomic E-state index is 0.114. The number of rotatable bonds is 3. The van der Waals surface area contributed by atoms with E-state index in [1.54, 1.807) is 61.7 Å². The van der Waals surface area contributed by atoms with Gasteiger partial charge in [0.2, 0.25) is 5.78 Å². The van der Waals surface area contributed by atoms with Crippen molar-refractivity contribution in [2.75, 3.05) is 7.11 Å². The third kappa shape index (κ3) is 3.32. The Bertz CT molecular complexity index is 1220. The van der Waals surface area contributed by atoms with Gasteiger partial charge in [0.25, 0.3) is 0 Å². The first-order valence-corrected chi connectivity index (χ1v) is 9.78. The van der Waals surface area contributed by atoms with Crippen molar-refractivity contribution in [1.82, 2.24) is 0 Å². The van der Waals surface area contributed by atoms with Gasteiger partial charge in [-0.3, -0.25) is 9.59 Å². The molecule has 154 valence electrons. The van der Waals surface area contributed by atoms with E-state index in [2.05, 4.69) is 0 Å². The van der Waals surface area contributed by atoms with E-state index in [0.717, 1.165) is 16.9 Å². The van der Waals surface area contributed by atoms with Gasteiger partial charge in [0.05, 0.1) is 19.1 Å². The molecule has 6 heteroatoms. The normalized spacial score (nSPS) is 18.2. The summed E-state index contributed by atoms with van der Waals surface area (Å²) >= 11 is 0. The summed E-state index contributed by atoms with van der Waals surface area (Å²) in [6.07, 6.45) is 1.79. The number of fused-ring (bicyclic) bond motifs is 3. The van der Waals surface area contributed by atoms with Crippen molar-refractivity contribution in [2.45, 2.75) is 12.3 Å². The summed E-state index contributed by atoms with van der Waals surface area (Å²) in [6.45, 7) is 0. The van der Waals surface area contributed by atoms with Crippen molar-refractivity contribution < 1.29 is 28.9 Å². The SMILES string of the molecule is COc1ccc(/C=C2\Oc3c(ccc4c3C(c3ccc(O)cc3)CC(=O)O4)C2=O)cc1. The standard InChI is InChI=1S/C25H18O6/c1-29-17-8-2-14(3-9-17)12-21-24(28)18-10-11-20-23(25(18)31-21)19(13-22(27)30-20)15-4-6-16(26)7-5-15/h2-12,19,26H,13H2,1H3/b21-12-. The number of benzene rings is 3. The number of aromatic hydroxyl groups is 1. The van der Waals surface area contributed by atoms with Crippen LogP contribution in [-0.2, 0) is 4.79 Å². The number of esters is 1. The molecule has 3 aromatic carbocycles. The van der Waals surface area contributed by atoms with E-state index < -0.39 is 0 Å². The predicted molar refractivity (Wildman–Crippen MR) is 113 cm³/mol. The van der Waals surface area contributed by atoms with Gasteiger partial charge in [0.15, 0.2) is 5.76 Å². The van der Waals surface area contributed by atoms with E-state index in [4.69, 9.17) is 14.2 Å². The molecule has 0 aromatic heterocycles. The lowest BCUT2D eigenvalue weighted by Crippen LogP contribution is -2.21. The second-order valence-electron chi connectivity index (χ2n) is 7.39. The number of carbonyl (C=O) groups is 2. The summed E-state index contributed by atoms with van der Waals surface area (Å²) in [5.74, 6) is 0.918. The lowest BCUT2D eigenvalue weighted by Gasteiger charge is -2.26. The molecule has 0 bridgehead atoms. The van der Waals surface area contributed by atoms with Crippen molar-refractivity contribution in [1.29, 1.82) is 0 Å². The van der Waals surface area contributed by atoms with E-state index in [0.29, 0.717) is 22.6 Å².